The summed E-state index contributed by atoms with van der Waals surface area (Å²) < 4.78 is 5.62. The Morgan fingerprint density at radius 1 is 1.07 bits per heavy atom. The van der Waals surface area contributed by atoms with Crippen LogP contribution in [0.3, 0.4) is 0 Å². The van der Waals surface area contributed by atoms with E-state index in [4.69, 9.17) is 16.3 Å². The normalized spacial score (nSPS) is 10.9. The van der Waals surface area contributed by atoms with E-state index in [2.05, 4.69) is 0 Å². The average molecular weight is 221 g/mol. The molecular formula is C13H13ClO. The molecule has 0 aliphatic rings. The molecule has 0 unspecified atom stereocenters. The second kappa shape index (κ2) is 4.11. The van der Waals surface area contributed by atoms with E-state index in [0.717, 1.165) is 16.5 Å². The van der Waals surface area contributed by atoms with E-state index in [1.807, 2.05) is 50.2 Å². The number of halogens is 1. The summed E-state index contributed by atoms with van der Waals surface area (Å²) in [5, 5.41) is 2.87. The van der Waals surface area contributed by atoms with E-state index >= 15 is 0 Å². The van der Waals surface area contributed by atoms with Crippen LogP contribution in [0, 0.1) is 0 Å². The van der Waals surface area contributed by atoms with Crippen LogP contribution in [0.1, 0.15) is 13.8 Å². The molecule has 1 nitrogen and oxygen atoms in total. The fourth-order valence-electron chi connectivity index (χ4n) is 1.56. The van der Waals surface area contributed by atoms with E-state index in [-0.39, 0.29) is 6.10 Å². The third-order valence-electron chi connectivity index (χ3n) is 2.19. The van der Waals surface area contributed by atoms with Crippen molar-refractivity contribution in [2.45, 2.75) is 20.0 Å². The Labute approximate surface area is 94.6 Å². The molecule has 0 spiro atoms. The van der Waals surface area contributed by atoms with Crippen molar-refractivity contribution in [3.8, 4) is 5.75 Å². The lowest BCUT2D eigenvalue weighted by Gasteiger charge is -2.12. The van der Waals surface area contributed by atoms with E-state index in [1.54, 1.807) is 0 Å². The molecule has 0 heterocycles. The van der Waals surface area contributed by atoms with E-state index < -0.39 is 0 Å². The van der Waals surface area contributed by atoms with Gasteiger partial charge in [0, 0.05) is 5.39 Å². The SMILES string of the molecule is CC(C)Oc1ccc2ccccc2c1Cl. The van der Waals surface area contributed by atoms with Gasteiger partial charge in [-0.25, -0.2) is 0 Å². The van der Waals surface area contributed by atoms with Gasteiger partial charge in [-0.05, 0) is 25.3 Å². The summed E-state index contributed by atoms with van der Waals surface area (Å²) in [5.74, 6) is 0.755. The van der Waals surface area contributed by atoms with Gasteiger partial charge in [0.05, 0.1) is 11.1 Å². The summed E-state index contributed by atoms with van der Waals surface area (Å²) in [6.45, 7) is 3.98. The first-order chi connectivity index (χ1) is 7.18. The van der Waals surface area contributed by atoms with E-state index in [9.17, 15) is 0 Å². The lowest BCUT2D eigenvalue weighted by Crippen LogP contribution is -2.05. The maximum Gasteiger partial charge on any atom is 0.138 e. The molecule has 78 valence electrons. The first kappa shape index (κ1) is 10.3. The predicted molar refractivity (Wildman–Crippen MR) is 64.7 cm³/mol. The maximum absolute atomic E-state index is 6.26. The fraction of sp³-hybridized carbons (Fsp3) is 0.231. The second-order valence-corrected chi connectivity index (χ2v) is 4.14. The highest BCUT2D eigenvalue weighted by atomic mass is 35.5. The largest absolute Gasteiger partial charge is 0.489 e. The summed E-state index contributed by atoms with van der Waals surface area (Å²) in [5.41, 5.74) is 0. The zero-order valence-electron chi connectivity index (χ0n) is 8.83. The molecule has 0 fully saturated rings. The standard InChI is InChI=1S/C13H13ClO/c1-9(2)15-12-8-7-10-5-3-4-6-11(10)13(12)14/h3-9H,1-2H3. The first-order valence-corrected chi connectivity index (χ1v) is 5.40. The summed E-state index contributed by atoms with van der Waals surface area (Å²) >= 11 is 6.26. The van der Waals surface area contributed by atoms with Crippen molar-refractivity contribution in [3.63, 3.8) is 0 Å². The molecule has 0 aromatic heterocycles. The number of fused-ring (bicyclic) bond motifs is 1. The van der Waals surface area contributed by atoms with Gasteiger partial charge in [0.2, 0.25) is 0 Å². The molecule has 0 aliphatic carbocycles. The van der Waals surface area contributed by atoms with E-state index in [1.165, 1.54) is 0 Å². The van der Waals surface area contributed by atoms with Crippen molar-refractivity contribution >= 4 is 22.4 Å². The van der Waals surface area contributed by atoms with Gasteiger partial charge in [0.1, 0.15) is 5.75 Å². The van der Waals surface area contributed by atoms with Crippen LogP contribution < -0.4 is 4.74 Å². The van der Waals surface area contributed by atoms with Gasteiger partial charge in [-0.1, -0.05) is 41.9 Å². The monoisotopic (exact) mass is 220 g/mol. The van der Waals surface area contributed by atoms with Crippen LogP contribution in [0.2, 0.25) is 5.02 Å². The first-order valence-electron chi connectivity index (χ1n) is 5.02. The molecule has 0 radical (unpaired) electrons. The summed E-state index contributed by atoms with van der Waals surface area (Å²) in [6.07, 6.45) is 0.142. The molecule has 0 bridgehead atoms. The summed E-state index contributed by atoms with van der Waals surface area (Å²) in [6, 6.07) is 12.0. The molecule has 0 saturated heterocycles. The van der Waals surface area contributed by atoms with Crippen molar-refractivity contribution in [1.29, 1.82) is 0 Å². The van der Waals surface area contributed by atoms with Gasteiger partial charge in [-0.15, -0.1) is 0 Å². The number of hydrogen-bond acceptors (Lipinski definition) is 1. The molecule has 2 rings (SSSR count). The topological polar surface area (TPSA) is 9.23 Å². The minimum atomic E-state index is 0.142. The van der Waals surface area contributed by atoms with Crippen molar-refractivity contribution in [2.75, 3.05) is 0 Å². The van der Waals surface area contributed by atoms with E-state index in [0.29, 0.717) is 5.02 Å². The Hall–Kier alpha value is -1.21. The minimum absolute atomic E-state index is 0.142. The quantitative estimate of drug-likeness (QED) is 0.734. The predicted octanol–water partition coefficient (Wildman–Crippen LogP) is 4.28. The van der Waals surface area contributed by atoms with Crippen molar-refractivity contribution in [1.82, 2.24) is 0 Å². The lowest BCUT2D eigenvalue weighted by molar-refractivity contribution is 0.243. The molecule has 0 amide bonds. The highest BCUT2D eigenvalue weighted by Gasteiger charge is 2.07. The molecule has 0 aliphatic heterocycles. The Morgan fingerprint density at radius 3 is 2.53 bits per heavy atom. The third-order valence-corrected chi connectivity index (χ3v) is 2.58. The van der Waals surface area contributed by atoms with Crippen LogP contribution in [0.15, 0.2) is 36.4 Å². The van der Waals surface area contributed by atoms with Crippen LogP contribution in [-0.4, -0.2) is 6.10 Å². The van der Waals surface area contributed by atoms with Crippen LogP contribution in [0.25, 0.3) is 10.8 Å². The molecule has 2 aromatic rings. The highest BCUT2D eigenvalue weighted by Crippen LogP contribution is 2.33. The molecule has 0 N–H and O–H groups in total. The molecule has 2 heteroatoms. The Kier molecular flexibility index (Phi) is 2.83. The van der Waals surface area contributed by atoms with Gasteiger partial charge >= 0.3 is 0 Å². The van der Waals surface area contributed by atoms with Gasteiger partial charge in [-0.3, -0.25) is 0 Å². The number of hydrogen-bond donors (Lipinski definition) is 0. The number of ether oxygens (including phenoxy) is 1. The molecule has 15 heavy (non-hydrogen) atoms. The van der Waals surface area contributed by atoms with Crippen LogP contribution in [0.5, 0.6) is 5.75 Å². The van der Waals surface area contributed by atoms with Crippen molar-refractivity contribution < 1.29 is 4.74 Å². The smallest absolute Gasteiger partial charge is 0.138 e. The van der Waals surface area contributed by atoms with Crippen molar-refractivity contribution in [2.24, 2.45) is 0 Å². The summed E-state index contributed by atoms with van der Waals surface area (Å²) in [7, 11) is 0. The lowest BCUT2D eigenvalue weighted by atomic mass is 10.1. The fourth-order valence-corrected chi connectivity index (χ4v) is 1.84. The summed E-state index contributed by atoms with van der Waals surface area (Å²) in [4.78, 5) is 0. The molecule has 0 atom stereocenters. The van der Waals surface area contributed by atoms with Gasteiger partial charge in [0.25, 0.3) is 0 Å². The van der Waals surface area contributed by atoms with Crippen LogP contribution in [0.4, 0.5) is 0 Å². The van der Waals surface area contributed by atoms with Gasteiger partial charge in [0.15, 0.2) is 0 Å². The van der Waals surface area contributed by atoms with Gasteiger partial charge < -0.3 is 4.74 Å². The zero-order valence-corrected chi connectivity index (χ0v) is 9.58. The average Bonchev–Trinajstić information content (AvgIpc) is 2.22. The highest BCUT2D eigenvalue weighted by molar-refractivity contribution is 6.37. The van der Waals surface area contributed by atoms with Crippen LogP contribution in [-0.2, 0) is 0 Å². The molecule has 0 saturated carbocycles. The van der Waals surface area contributed by atoms with Crippen LogP contribution >= 0.6 is 11.6 Å². The third kappa shape index (κ3) is 2.07. The Bertz CT molecular complexity index is 477. The molecule has 2 aromatic carbocycles. The second-order valence-electron chi connectivity index (χ2n) is 3.77. The Balaban J connectivity index is 2.55. The van der Waals surface area contributed by atoms with Gasteiger partial charge in [-0.2, -0.15) is 0 Å². The Morgan fingerprint density at radius 2 is 1.80 bits per heavy atom. The maximum atomic E-state index is 6.26. The number of benzene rings is 2. The van der Waals surface area contributed by atoms with Crippen molar-refractivity contribution in [3.05, 3.63) is 41.4 Å². The minimum Gasteiger partial charge on any atom is -0.489 e. The zero-order chi connectivity index (χ0) is 10.8. The molecular weight excluding hydrogens is 208 g/mol. The number of rotatable bonds is 2.